The van der Waals surface area contributed by atoms with Crippen molar-refractivity contribution in [2.24, 2.45) is 0 Å². The number of hydrogen-bond acceptors (Lipinski definition) is 9. The van der Waals surface area contributed by atoms with Crippen LogP contribution >= 0.6 is 0 Å². The number of pyridine rings is 1. The lowest BCUT2D eigenvalue weighted by Gasteiger charge is -2.34. The molecular weight excluding hydrogens is 552 g/mol. The molecule has 0 spiro atoms. The lowest BCUT2D eigenvalue weighted by atomic mass is 9.95. The Morgan fingerprint density at radius 3 is 2.77 bits per heavy atom. The predicted octanol–water partition coefficient (Wildman–Crippen LogP) is 4.93. The third kappa shape index (κ3) is 4.18. The minimum absolute atomic E-state index is 0.251. The fourth-order valence-electron chi connectivity index (χ4n) is 8.29. The molecule has 9 nitrogen and oxygen atoms in total. The number of nitrogen functional groups attached to an aromatic ring is 1. The second-order valence-corrected chi connectivity index (χ2v) is 13.3. The lowest BCUT2D eigenvalue weighted by Crippen LogP contribution is -2.51. The maximum absolute atomic E-state index is 15.7. The summed E-state index contributed by atoms with van der Waals surface area (Å²) in [6.07, 6.45) is 7.57. The number of benzene rings is 1. The van der Waals surface area contributed by atoms with Gasteiger partial charge in [-0.25, -0.2) is 8.78 Å². The van der Waals surface area contributed by atoms with E-state index in [2.05, 4.69) is 15.1 Å². The van der Waals surface area contributed by atoms with Gasteiger partial charge >= 0.3 is 6.01 Å². The van der Waals surface area contributed by atoms with E-state index < -0.39 is 6.17 Å². The normalized spacial score (nSPS) is 28.8. The van der Waals surface area contributed by atoms with Crippen molar-refractivity contribution in [1.82, 2.24) is 25.2 Å². The van der Waals surface area contributed by atoms with Crippen LogP contribution in [0.1, 0.15) is 56.4 Å². The van der Waals surface area contributed by atoms with Crippen LogP contribution in [-0.2, 0) is 0 Å². The van der Waals surface area contributed by atoms with Crippen LogP contribution in [0.3, 0.4) is 0 Å². The number of furan rings is 1. The number of nitrogens with zero attached hydrogens (tertiary/aromatic N) is 5. The Kier molecular flexibility index (Phi) is 5.70. The Morgan fingerprint density at radius 2 is 1.95 bits per heavy atom. The Balaban J connectivity index is 1.16. The van der Waals surface area contributed by atoms with Gasteiger partial charge in [-0.2, -0.15) is 9.97 Å². The summed E-state index contributed by atoms with van der Waals surface area (Å²) in [6, 6.07) is 5.99. The first-order chi connectivity index (χ1) is 20.9. The summed E-state index contributed by atoms with van der Waals surface area (Å²) in [7, 11) is 0. The second-order valence-electron chi connectivity index (χ2n) is 13.3. The summed E-state index contributed by atoms with van der Waals surface area (Å²) < 4.78 is 42.3. The van der Waals surface area contributed by atoms with Gasteiger partial charge in [0, 0.05) is 66.4 Å². The maximum atomic E-state index is 15.7. The van der Waals surface area contributed by atoms with E-state index in [1.54, 1.807) is 12.3 Å². The number of nitrogens with one attached hydrogen (secondary N) is 1. The number of halogens is 2. The van der Waals surface area contributed by atoms with E-state index in [0.717, 1.165) is 69.5 Å². The zero-order chi connectivity index (χ0) is 28.9. The average molecular weight is 588 g/mol. The molecule has 2 unspecified atom stereocenters. The van der Waals surface area contributed by atoms with Gasteiger partial charge < -0.3 is 25.1 Å². The van der Waals surface area contributed by atoms with Crippen molar-refractivity contribution in [3.8, 4) is 17.1 Å². The van der Waals surface area contributed by atoms with Crippen molar-refractivity contribution < 1.29 is 17.9 Å². The number of hydrogen-bond donors (Lipinski definition) is 2. The monoisotopic (exact) mass is 587 g/mol. The molecule has 2 bridgehead atoms. The number of aromatic nitrogens is 3. The number of piperazine rings is 1. The van der Waals surface area contributed by atoms with Gasteiger partial charge in [-0.05, 0) is 69.2 Å². The fourth-order valence-corrected chi connectivity index (χ4v) is 8.29. The van der Waals surface area contributed by atoms with Crippen LogP contribution in [-0.4, -0.2) is 76.4 Å². The fraction of sp³-hybridized carbons (Fsp3) is 0.531. The molecule has 11 heteroatoms. The van der Waals surface area contributed by atoms with Crippen LogP contribution in [0, 0.1) is 5.82 Å². The van der Waals surface area contributed by atoms with Crippen molar-refractivity contribution in [2.45, 2.75) is 74.7 Å². The van der Waals surface area contributed by atoms with E-state index in [9.17, 15) is 4.39 Å². The van der Waals surface area contributed by atoms with E-state index >= 15 is 4.39 Å². The van der Waals surface area contributed by atoms with Gasteiger partial charge in [0.15, 0.2) is 11.7 Å². The molecule has 5 aliphatic rings. The minimum atomic E-state index is -0.838. The molecule has 1 saturated carbocycles. The number of anilines is 2. The third-order valence-corrected chi connectivity index (χ3v) is 10.4. The SMILES string of the molecule is Nc1oc2ccc(F)c(-c3cnc4c(N5CC6CCC(C5)N6)nc(OC[C@@]56CCCN5C[C@H](F)C6)nc4c3)c2c1C1CC1. The molecule has 1 aliphatic carbocycles. The Morgan fingerprint density at radius 1 is 1.12 bits per heavy atom. The zero-order valence-electron chi connectivity index (χ0n) is 24.0. The van der Waals surface area contributed by atoms with Gasteiger partial charge in [0.2, 0.25) is 0 Å². The number of ether oxygens (including phenoxy) is 1. The summed E-state index contributed by atoms with van der Waals surface area (Å²) in [5.74, 6) is 1.00. The van der Waals surface area contributed by atoms with E-state index in [-0.39, 0.29) is 23.3 Å². The van der Waals surface area contributed by atoms with E-state index in [1.807, 2.05) is 6.07 Å². The van der Waals surface area contributed by atoms with Gasteiger partial charge in [-0.1, -0.05) is 0 Å². The Labute approximate surface area is 247 Å². The molecule has 0 radical (unpaired) electrons. The number of alkyl halides is 1. The maximum Gasteiger partial charge on any atom is 0.319 e. The molecule has 4 aliphatic heterocycles. The van der Waals surface area contributed by atoms with E-state index in [4.69, 9.17) is 29.8 Å². The van der Waals surface area contributed by atoms with Gasteiger partial charge in [-0.15, -0.1) is 0 Å². The first kappa shape index (κ1) is 25.9. The summed E-state index contributed by atoms with van der Waals surface area (Å²) >= 11 is 0. The topological polar surface area (TPSA) is 106 Å². The molecule has 4 aromatic rings. The van der Waals surface area contributed by atoms with Gasteiger partial charge in [-0.3, -0.25) is 9.88 Å². The predicted molar refractivity (Wildman–Crippen MR) is 160 cm³/mol. The van der Waals surface area contributed by atoms with E-state index in [0.29, 0.717) is 70.7 Å². The molecule has 3 aromatic heterocycles. The van der Waals surface area contributed by atoms with Gasteiger partial charge in [0.1, 0.15) is 29.7 Å². The smallest absolute Gasteiger partial charge is 0.319 e. The average Bonchev–Trinajstić information content (AvgIpc) is 3.39. The standard InChI is InChI=1S/C32H35F2N7O2/c33-19-11-32(8-1-9-41(32)13-19)16-42-31-38-23-10-18(12-36-28(23)30(39-31)40-14-20-4-5-21(15-40)37-20)25-22(34)6-7-24-27(25)26(17-2-3-17)29(35)43-24/h6-7,10,12,17,19-21,37H,1-5,8-9,11,13-16,35H2/t19-,20?,21?,32+/m1/s1. The quantitative estimate of drug-likeness (QED) is 0.325. The highest BCUT2D eigenvalue weighted by atomic mass is 19.1. The number of fused-ring (bicyclic) bond motifs is 5. The number of rotatable bonds is 6. The van der Waals surface area contributed by atoms with Crippen molar-refractivity contribution in [3.05, 3.63) is 35.8 Å². The summed E-state index contributed by atoms with van der Waals surface area (Å²) in [4.78, 5) is 19.1. The molecule has 9 rings (SSSR count). The van der Waals surface area contributed by atoms with Crippen molar-refractivity contribution >= 4 is 33.7 Å². The van der Waals surface area contributed by atoms with Crippen LogP contribution in [0.4, 0.5) is 20.5 Å². The Hall–Kier alpha value is -3.57. The first-order valence-electron chi connectivity index (χ1n) is 15.7. The molecule has 0 amide bonds. The molecule has 1 aromatic carbocycles. The van der Waals surface area contributed by atoms with Crippen LogP contribution in [0.15, 0.2) is 28.8 Å². The highest BCUT2D eigenvalue weighted by molar-refractivity contribution is 6.01. The zero-order valence-corrected chi connectivity index (χ0v) is 24.0. The highest BCUT2D eigenvalue weighted by Gasteiger charge is 2.49. The van der Waals surface area contributed by atoms with Crippen molar-refractivity contribution in [2.75, 3.05) is 43.4 Å². The molecule has 43 heavy (non-hydrogen) atoms. The summed E-state index contributed by atoms with van der Waals surface area (Å²) in [6.45, 7) is 3.33. The van der Waals surface area contributed by atoms with Crippen molar-refractivity contribution in [1.29, 1.82) is 0 Å². The van der Waals surface area contributed by atoms with Crippen LogP contribution in [0.5, 0.6) is 6.01 Å². The van der Waals surface area contributed by atoms with E-state index in [1.165, 1.54) is 6.07 Å². The van der Waals surface area contributed by atoms with Crippen molar-refractivity contribution in [3.63, 3.8) is 0 Å². The molecule has 3 N–H and O–H groups in total. The first-order valence-corrected chi connectivity index (χ1v) is 15.7. The van der Waals surface area contributed by atoms with Crippen LogP contribution < -0.4 is 20.7 Å². The molecule has 224 valence electrons. The molecular formula is C32H35F2N7O2. The highest BCUT2D eigenvalue weighted by Crippen LogP contribution is 2.50. The molecule has 7 heterocycles. The summed E-state index contributed by atoms with van der Waals surface area (Å²) in [5, 5.41) is 4.40. The minimum Gasteiger partial charge on any atom is -0.461 e. The van der Waals surface area contributed by atoms with Crippen LogP contribution in [0.2, 0.25) is 0 Å². The lowest BCUT2D eigenvalue weighted by molar-refractivity contribution is 0.107. The largest absolute Gasteiger partial charge is 0.461 e. The van der Waals surface area contributed by atoms with Crippen LogP contribution in [0.25, 0.3) is 33.1 Å². The second kappa shape index (κ2) is 9.46. The molecule has 4 saturated heterocycles. The Bertz CT molecular complexity index is 1750. The van der Waals surface area contributed by atoms with Gasteiger partial charge in [0.05, 0.1) is 11.1 Å². The molecule has 4 atom stereocenters. The summed E-state index contributed by atoms with van der Waals surface area (Å²) in [5.41, 5.74) is 9.70. The van der Waals surface area contributed by atoms with Gasteiger partial charge in [0.25, 0.3) is 0 Å². The number of nitrogens with two attached hydrogens (primary N) is 1. The molecule has 5 fully saturated rings. The third-order valence-electron chi connectivity index (χ3n) is 10.4.